The minimum atomic E-state index is 0.188. The summed E-state index contributed by atoms with van der Waals surface area (Å²) >= 11 is 0. The average molecular weight is 167 g/mol. The van der Waals surface area contributed by atoms with E-state index < -0.39 is 0 Å². The van der Waals surface area contributed by atoms with E-state index in [-0.39, 0.29) is 11.2 Å². The fraction of sp³-hybridized carbons (Fsp3) is 0.700. The van der Waals surface area contributed by atoms with Gasteiger partial charge in [-0.2, -0.15) is 0 Å². The number of likely N-dealkylation sites (N-methyl/N-ethyl adjacent to an activating group) is 1. The van der Waals surface area contributed by atoms with Gasteiger partial charge in [0.15, 0.2) is 5.78 Å². The molecule has 0 aliphatic heterocycles. The normalized spacial score (nSPS) is 22.0. The molecule has 1 aliphatic carbocycles. The van der Waals surface area contributed by atoms with Gasteiger partial charge in [-0.1, -0.05) is 19.9 Å². The predicted octanol–water partition coefficient (Wildman–Crippen LogP) is 1.82. The predicted molar refractivity (Wildman–Crippen MR) is 49.8 cm³/mol. The number of carbonyl (C=O) groups excluding carboxylic acids is 1. The van der Waals surface area contributed by atoms with Crippen molar-refractivity contribution in [3.63, 3.8) is 0 Å². The number of carbonyl (C=O) groups is 1. The molecular formula is C10H17NO. The number of allylic oxidation sites excluding steroid dienone is 2. The maximum atomic E-state index is 11.4. The third kappa shape index (κ3) is 1.87. The van der Waals surface area contributed by atoms with Crippen molar-refractivity contribution in [1.29, 1.82) is 0 Å². The Morgan fingerprint density at radius 3 is 2.42 bits per heavy atom. The Morgan fingerprint density at radius 1 is 1.42 bits per heavy atom. The minimum absolute atomic E-state index is 0.188. The van der Waals surface area contributed by atoms with Gasteiger partial charge in [-0.25, -0.2) is 0 Å². The highest BCUT2D eigenvalue weighted by atomic mass is 16.1. The number of rotatable bonds is 1. The molecule has 0 aromatic rings. The van der Waals surface area contributed by atoms with Crippen molar-refractivity contribution in [1.82, 2.24) is 4.90 Å². The SMILES string of the molecule is CN(C)C1=CC(C)(C)CCC1=O. The second-order valence-electron chi connectivity index (χ2n) is 4.34. The molecule has 0 amide bonds. The van der Waals surface area contributed by atoms with E-state index in [4.69, 9.17) is 0 Å². The molecule has 0 N–H and O–H groups in total. The minimum Gasteiger partial charge on any atom is -0.375 e. The van der Waals surface area contributed by atoms with E-state index in [1.807, 2.05) is 19.0 Å². The van der Waals surface area contributed by atoms with Crippen LogP contribution in [-0.4, -0.2) is 24.8 Å². The van der Waals surface area contributed by atoms with Gasteiger partial charge in [-0.15, -0.1) is 0 Å². The Labute approximate surface area is 74.2 Å². The lowest BCUT2D eigenvalue weighted by atomic mass is 9.81. The molecule has 0 radical (unpaired) electrons. The molecule has 2 nitrogen and oxygen atoms in total. The highest BCUT2D eigenvalue weighted by Crippen LogP contribution is 2.31. The Hall–Kier alpha value is -0.790. The molecule has 0 saturated heterocycles. The summed E-state index contributed by atoms with van der Waals surface area (Å²) in [6.45, 7) is 4.34. The lowest BCUT2D eigenvalue weighted by Crippen LogP contribution is -2.27. The van der Waals surface area contributed by atoms with Crippen LogP contribution in [0.15, 0.2) is 11.8 Å². The maximum absolute atomic E-state index is 11.4. The molecule has 2 heteroatoms. The molecule has 0 aromatic carbocycles. The van der Waals surface area contributed by atoms with E-state index in [0.717, 1.165) is 12.1 Å². The summed E-state index contributed by atoms with van der Waals surface area (Å²) in [5.74, 6) is 0.277. The van der Waals surface area contributed by atoms with E-state index in [2.05, 4.69) is 19.9 Å². The molecule has 1 rings (SSSR count). The van der Waals surface area contributed by atoms with Crippen LogP contribution in [0.5, 0.6) is 0 Å². The second kappa shape index (κ2) is 2.92. The quantitative estimate of drug-likeness (QED) is 0.593. The number of hydrogen-bond acceptors (Lipinski definition) is 2. The molecule has 0 fully saturated rings. The van der Waals surface area contributed by atoms with Crippen LogP contribution in [-0.2, 0) is 4.79 Å². The zero-order valence-electron chi connectivity index (χ0n) is 8.35. The van der Waals surface area contributed by atoms with Gasteiger partial charge in [-0.05, 0) is 11.8 Å². The van der Waals surface area contributed by atoms with Gasteiger partial charge < -0.3 is 4.90 Å². The van der Waals surface area contributed by atoms with Gasteiger partial charge in [0.1, 0.15) is 0 Å². The highest BCUT2D eigenvalue weighted by molar-refractivity contribution is 5.95. The molecule has 0 spiro atoms. The lowest BCUT2D eigenvalue weighted by Gasteiger charge is -2.29. The van der Waals surface area contributed by atoms with Crippen molar-refractivity contribution < 1.29 is 4.79 Å². The Kier molecular flexibility index (Phi) is 2.27. The first-order valence-electron chi connectivity index (χ1n) is 4.36. The molecule has 0 heterocycles. The van der Waals surface area contributed by atoms with Crippen LogP contribution in [0.2, 0.25) is 0 Å². The molecule has 0 saturated carbocycles. The van der Waals surface area contributed by atoms with Crippen LogP contribution in [0, 0.1) is 5.41 Å². The fourth-order valence-corrected chi connectivity index (χ4v) is 1.47. The van der Waals surface area contributed by atoms with Crippen LogP contribution in [0.25, 0.3) is 0 Å². The summed E-state index contributed by atoms with van der Waals surface area (Å²) in [5, 5.41) is 0. The van der Waals surface area contributed by atoms with Crippen molar-refractivity contribution in [3.05, 3.63) is 11.8 Å². The van der Waals surface area contributed by atoms with Crippen LogP contribution in [0.3, 0.4) is 0 Å². The molecule has 12 heavy (non-hydrogen) atoms. The summed E-state index contributed by atoms with van der Waals surface area (Å²) < 4.78 is 0. The van der Waals surface area contributed by atoms with Crippen LogP contribution in [0.4, 0.5) is 0 Å². The highest BCUT2D eigenvalue weighted by Gasteiger charge is 2.26. The molecule has 0 atom stereocenters. The maximum Gasteiger partial charge on any atom is 0.178 e. The zero-order valence-corrected chi connectivity index (χ0v) is 8.35. The van der Waals surface area contributed by atoms with Gasteiger partial charge in [0.2, 0.25) is 0 Å². The Bertz CT molecular complexity index is 226. The molecular weight excluding hydrogens is 150 g/mol. The number of hydrogen-bond donors (Lipinski definition) is 0. The monoisotopic (exact) mass is 167 g/mol. The summed E-state index contributed by atoms with van der Waals surface area (Å²) in [6, 6.07) is 0. The standard InChI is InChI=1S/C10H17NO/c1-10(2)6-5-9(12)8(7-10)11(3)4/h7H,5-6H2,1-4H3. The van der Waals surface area contributed by atoms with Crippen molar-refractivity contribution in [3.8, 4) is 0 Å². The average Bonchev–Trinajstić information content (AvgIpc) is 1.94. The zero-order chi connectivity index (χ0) is 9.35. The van der Waals surface area contributed by atoms with E-state index in [1.165, 1.54) is 0 Å². The van der Waals surface area contributed by atoms with E-state index in [0.29, 0.717) is 6.42 Å². The third-order valence-corrected chi connectivity index (χ3v) is 2.29. The van der Waals surface area contributed by atoms with Gasteiger partial charge >= 0.3 is 0 Å². The molecule has 0 unspecified atom stereocenters. The molecule has 68 valence electrons. The second-order valence-corrected chi connectivity index (χ2v) is 4.34. The Morgan fingerprint density at radius 2 is 2.00 bits per heavy atom. The van der Waals surface area contributed by atoms with Gasteiger partial charge in [0.05, 0.1) is 5.70 Å². The first kappa shape index (κ1) is 9.30. The number of ketones is 1. The van der Waals surface area contributed by atoms with Crippen molar-refractivity contribution in [2.75, 3.05) is 14.1 Å². The van der Waals surface area contributed by atoms with E-state index in [1.54, 1.807) is 0 Å². The van der Waals surface area contributed by atoms with Crippen LogP contribution in [0.1, 0.15) is 26.7 Å². The fourth-order valence-electron chi connectivity index (χ4n) is 1.47. The molecule has 1 aliphatic rings. The van der Waals surface area contributed by atoms with Crippen LogP contribution >= 0.6 is 0 Å². The third-order valence-electron chi connectivity index (χ3n) is 2.29. The van der Waals surface area contributed by atoms with Gasteiger partial charge in [0, 0.05) is 20.5 Å². The Balaban J connectivity index is 2.93. The summed E-state index contributed by atoms with van der Waals surface area (Å²) in [7, 11) is 3.84. The lowest BCUT2D eigenvalue weighted by molar-refractivity contribution is -0.117. The molecule has 0 bridgehead atoms. The van der Waals surface area contributed by atoms with Crippen molar-refractivity contribution >= 4 is 5.78 Å². The smallest absolute Gasteiger partial charge is 0.178 e. The van der Waals surface area contributed by atoms with Crippen molar-refractivity contribution in [2.45, 2.75) is 26.7 Å². The van der Waals surface area contributed by atoms with E-state index in [9.17, 15) is 4.79 Å². The summed E-state index contributed by atoms with van der Waals surface area (Å²) in [4.78, 5) is 13.3. The first-order chi connectivity index (χ1) is 5.42. The number of nitrogens with zero attached hydrogens (tertiary/aromatic N) is 1. The summed E-state index contributed by atoms with van der Waals surface area (Å²) in [6.07, 6.45) is 3.75. The topological polar surface area (TPSA) is 20.3 Å². The largest absolute Gasteiger partial charge is 0.375 e. The number of Topliss-reactive ketones (excluding diaryl/α,β-unsaturated/α-hetero) is 1. The van der Waals surface area contributed by atoms with Crippen LogP contribution < -0.4 is 0 Å². The van der Waals surface area contributed by atoms with E-state index >= 15 is 0 Å². The van der Waals surface area contributed by atoms with Gasteiger partial charge in [-0.3, -0.25) is 4.79 Å². The van der Waals surface area contributed by atoms with Crippen molar-refractivity contribution in [2.24, 2.45) is 5.41 Å². The summed E-state index contributed by atoms with van der Waals surface area (Å²) in [5.41, 5.74) is 1.05. The van der Waals surface area contributed by atoms with Gasteiger partial charge in [0.25, 0.3) is 0 Å². The molecule has 0 aromatic heterocycles. The first-order valence-corrected chi connectivity index (χ1v) is 4.36.